The fourth-order valence-corrected chi connectivity index (χ4v) is 1.47. The van der Waals surface area contributed by atoms with E-state index in [2.05, 4.69) is 0 Å². The molecule has 0 aliphatic carbocycles. The van der Waals surface area contributed by atoms with E-state index in [-0.39, 0.29) is 19.6 Å². The van der Waals surface area contributed by atoms with Gasteiger partial charge < -0.3 is 14.6 Å². The van der Waals surface area contributed by atoms with E-state index < -0.39 is 17.9 Å². The summed E-state index contributed by atoms with van der Waals surface area (Å²) in [7, 11) is 1.42. The van der Waals surface area contributed by atoms with Crippen molar-refractivity contribution in [2.45, 2.75) is 13.0 Å². The number of aliphatic carboxylic acids is 1. The summed E-state index contributed by atoms with van der Waals surface area (Å²) in [5.41, 5.74) is 0.859. The van der Waals surface area contributed by atoms with E-state index in [0.29, 0.717) is 0 Å². The van der Waals surface area contributed by atoms with Crippen LogP contribution in [-0.2, 0) is 25.7 Å². The van der Waals surface area contributed by atoms with Crippen LogP contribution in [0.15, 0.2) is 30.3 Å². The maximum absolute atomic E-state index is 11.7. The Hall–Kier alpha value is -1.88. The molecule has 0 amide bonds. The Morgan fingerprint density at radius 3 is 2.50 bits per heavy atom. The van der Waals surface area contributed by atoms with Crippen molar-refractivity contribution in [2.75, 3.05) is 13.7 Å². The van der Waals surface area contributed by atoms with Crippen LogP contribution in [-0.4, -0.2) is 30.8 Å². The normalized spacial score (nSPS) is 11.8. The average Bonchev–Trinajstić information content (AvgIpc) is 2.36. The molecule has 1 aromatic rings. The molecule has 98 valence electrons. The van der Waals surface area contributed by atoms with Crippen molar-refractivity contribution in [3.05, 3.63) is 35.9 Å². The van der Waals surface area contributed by atoms with Gasteiger partial charge in [-0.3, -0.25) is 9.59 Å². The molecule has 5 nitrogen and oxygen atoms in total. The van der Waals surface area contributed by atoms with E-state index in [1.165, 1.54) is 7.11 Å². The van der Waals surface area contributed by atoms with Gasteiger partial charge in [0.2, 0.25) is 0 Å². The first-order chi connectivity index (χ1) is 8.63. The van der Waals surface area contributed by atoms with Gasteiger partial charge in [0.05, 0.1) is 18.9 Å². The third-order valence-electron chi connectivity index (χ3n) is 2.35. The zero-order valence-electron chi connectivity index (χ0n) is 10.2. The maximum Gasteiger partial charge on any atom is 0.312 e. The average molecular weight is 252 g/mol. The summed E-state index contributed by atoms with van der Waals surface area (Å²) < 4.78 is 9.88. The molecule has 1 rings (SSSR count). The van der Waals surface area contributed by atoms with Crippen LogP contribution >= 0.6 is 0 Å². The molecule has 1 aromatic carbocycles. The Balaban J connectivity index is 2.48. The molecule has 0 saturated carbocycles. The Morgan fingerprint density at radius 1 is 1.28 bits per heavy atom. The molecule has 5 heteroatoms. The molecule has 0 aliphatic rings. The van der Waals surface area contributed by atoms with Crippen molar-refractivity contribution >= 4 is 11.9 Å². The molecule has 0 aliphatic heterocycles. The van der Waals surface area contributed by atoms with Crippen LogP contribution in [0.4, 0.5) is 0 Å². The quantitative estimate of drug-likeness (QED) is 0.744. The maximum atomic E-state index is 11.7. The molecule has 1 N–H and O–H groups in total. The lowest BCUT2D eigenvalue weighted by Crippen LogP contribution is -2.24. The molecule has 1 atom stereocenters. The lowest BCUT2D eigenvalue weighted by Gasteiger charge is -2.13. The molecule has 0 unspecified atom stereocenters. The number of carbonyl (C=O) groups is 2. The highest BCUT2D eigenvalue weighted by Gasteiger charge is 2.23. The highest BCUT2D eigenvalue weighted by molar-refractivity contribution is 5.79. The van der Waals surface area contributed by atoms with E-state index in [9.17, 15) is 9.59 Å². The Kier molecular flexibility index (Phi) is 5.87. The molecular formula is C13H16O5. The molecule has 0 spiro atoms. The number of hydrogen-bond acceptors (Lipinski definition) is 4. The standard InChI is InChI=1S/C13H16O5/c1-17-9-11(7-12(14)15)13(16)18-8-10-5-3-2-4-6-10/h2-6,11H,7-9H2,1H3,(H,14,15)/t11-/m1/s1. The molecule has 0 aromatic heterocycles. The van der Waals surface area contributed by atoms with Gasteiger partial charge in [0.15, 0.2) is 0 Å². The topological polar surface area (TPSA) is 72.8 Å². The van der Waals surface area contributed by atoms with Crippen molar-refractivity contribution in [2.24, 2.45) is 5.92 Å². The molecule has 0 fully saturated rings. The number of hydrogen-bond donors (Lipinski definition) is 1. The third kappa shape index (κ3) is 4.97. The van der Waals surface area contributed by atoms with Gasteiger partial charge in [-0.2, -0.15) is 0 Å². The summed E-state index contributed by atoms with van der Waals surface area (Å²) in [6.07, 6.45) is -0.290. The lowest BCUT2D eigenvalue weighted by molar-refractivity contribution is -0.156. The molecular weight excluding hydrogens is 236 g/mol. The monoisotopic (exact) mass is 252 g/mol. The Bertz CT molecular complexity index is 388. The summed E-state index contributed by atoms with van der Waals surface area (Å²) in [4.78, 5) is 22.3. The summed E-state index contributed by atoms with van der Waals surface area (Å²) in [6.45, 7) is 0.180. The van der Waals surface area contributed by atoms with Gasteiger partial charge >= 0.3 is 11.9 Å². The highest BCUT2D eigenvalue weighted by atomic mass is 16.5. The van der Waals surface area contributed by atoms with Crippen LogP contribution < -0.4 is 0 Å². The van der Waals surface area contributed by atoms with Crippen molar-refractivity contribution in [3.63, 3.8) is 0 Å². The molecule has 0 saturated heterocycles. The number of rotatable bonds is 7. The van der Waals surface area contributed by atoms with E-state index in [1.54, 1.807) is 0 Å². The first-order valence-corrected chi connectivity index (χ1v) is 5.54. The van der Waals surface area contributed by atoms with E-state index >= 15 is 0 Å². The van der Waals surface area contributed by atoms with Crippen molar-refractivity contribution in [1.82, 2.24) is 0 Å². The molecule has 18 heavy (non-hydrogen) atoms. The smallest absolute Gasteiger partial charge is 0.312 e. The second kappa shape index (κ2) is 7.45. The Morgan fingerprint density at radius 2 is 1.94 bits per heavy atom. The minimum atomic E-state index is -1.05. The first kappa shape index (κ1) is 14.2. The van der Waals surface area contributed by atoms with Gasteiger partial charge in [-0.15, -0.1) is 0 Å². The number of methoxy groups -OCH3 is 1. The minimum Gasteiger partial charge on any atom is -0.481 e. The van der Waals surface area contributed by atoms with E-state index in [1.807, 2.05) is 30.3 Å². The third-order valence-corrected chi connectivity index (χ3v) is 2.35. The fraction of sp³-hybridized carbons (Fsp3) is 0.385. The number of carboxylic acid groups (broad SMARTS) is 1. The summed E-state index contributed by atoms with van der Waals surface area (Å²) in [5, 5.41) is 8.68. The van der Waals surface area contributed by atoms with Crippen LogP contribution in [0.1, 0.15) is 12.0 Å². The van der Waals surface area contributed by atoms with Gasteiger partial charge in [0.25, 0.3) is 0 Å². The predicted octanol–water partition coefficient (Wildman–Crippen LogP) is 1.47. The zero-order chi connectivity index (χ0) is 13.4. The largest absolute Gasteiger partial charge is 0.481 e. The van der Waals surface area contributed by atoms with E-state index in [4.69, 9.17) is 14.6 Å². The summed E-state index contributed by atoms with van der Waals surface area (Å²) >= 11 is 0. The summed E-state index contributed by atoms with van der Waals surface area (Å²) in [6, 6.07) is 9.20. The zero-order valence-corrected chi connectivity index (χ0v) is 10.2. The number of esters is 1. The van der Waals surface area contributed by atoms with Crippen molar-refractivity contribution in [3.8, 4) is 0 Å². The van der Waals surface area contributed by atoms with Gasteiger partial charge in [-0.1, -0.05) is 30.3 Å². The summed E-state index contributed by atoms with van der Waals surface area (Å²) in [5.74, 6) is -2.37. The van der Waals surface area contributed by atoms with Gasteiger partial charge in [-0.25, -0.2) is 0 Å². The van der Waals surface area contributed by atoms with Gasteiger partial charge in [0, 0.05) is 7.11 Å². The van der Waals surface area contributed by atoms with Crippen LogP contribution in [0.5, 0.6) is 0 Å². The molecule has 0 bridgehead atoms. The van der Waals surface area contributed by atoms with Gasteiger partial charge in [0.1, 0.15) is 6.61 Å². The van der Waals surface area contributed by atoms with Crippen molar-refractivity contribution < 1.29 is 24.2 Å². The van der Waals surface area contributed by atoms with Crippen LogP contribution in [0.2, 0.25) is 0 Å². The van der Waals surface area contributed by atoms with Crippen LogP contribution in [0, 0.1) is 5.92 Å². The number of benzene rings is 1. The predicted molar refractivity (Wildman–Crippen MR) is 63.9 cm³/mol. The molecule has 0 heterocycles. The van der Waals surface area contributed by atoms with Gasteiger partial charge in [-0.05, 0) is 5.56 Å². The fourth-order valence-electron chi connectivity index (χ4n) is 1.47. The lowest BCUT2D eigenvalue weighted by atomic mass is 10.1. The second-order valence-corrected chi connectivity index (χ2v) is 3.84. The minimum absolute atomic E-state index is 0.0416. The first-order valence-electron chi connectivity index (χ1n) is 5.54. The Labute approximate surface area is 105 Å². The number of carboxylic acids is 1. The number of carbonyl (C=O) groups excluding carboxylic acids is 1. The SMILES string of the molecule is COC[C@@H](CC(=O)O)C(=O)OCc1ccccc1. The molecule has 0 radical (unpaired) electrons. The van der Waals surface area contributed by atoms with Crippen molar-refractivity contribution in [1.29, 1.82) is 0 Å². The van der Waals surface area contributed by atoms with Crippen LogP contribution in [0.25, 0.3) is 0 Å². The highest BCUT2D eigenvalue weighted by Crippen LogP contribution is 2.09. The van der Waals surface area contributed by atoms with Crippen LogP contribution in [0.3, 0.4) is 0 Å². The van der Waals surface area contributed by atoms with E-state index in [0.717, 1.165) is 5.56 Å². The second-order valence-electron chi connectivity index (χ2n) is 3.84. The number of ether oxygens (including phenoxy) is 2.